The van der Waals surface area contributed by atoms with Crippen LogP contribution in [0.15, 0.2) is 39.3 Å². The molecule has 0 amide bonds. The molecule has 4 fully saturated rings. The first kappa shape index (κ1) is 26.7. The second-order valence-corrected chi connectivity index (χ2v) is 13.2. The zero-order valence-electron chi connectivity index (χ0n) is 22.7. The molecule has 4 aliphatic carbocycles. The van der Waals surface area contributed by atoms with Gasteiger partial charge in [0.1, 0.15) is 12.2 Å². The largest absolute Gasteiger partial charge is 0.431 e. The molecule has 0 bridgehead atoms. The summed E-state index contributed by atoms with van der Waals surface area (Å²) >= 11 is 0. The van der Waals surface area contributed by atoms with Crippen molar-refractivity contribution in [3.8, 4) is 0 Å². The Hall–Kier alpha value is -1.55. The van der Waals surface area contributed by atoms with Gasteiger partial charge in [0.2, 0.25) is 0 Å². The molecule has 12 atom stereocenters. The Morgan fingerprint density at radius 2 is 1.82 bits per heavy atom. The molecule has 2 unspecified atom stereocenters. The number of ether oxygens (including phenoxy) is 2. The first-order chi connectivity index (χ1) is 18.0. The fourth-order valence-electron chi connectivity index (χ4n) is 9.21. The van der Waals surface area contributed by atoms with Crippen molar-refractivity contribution in [3.05, 3.63) is 46.0 Å². The average Bonchev–Trinajstić information content (AvgIpc) is 3.18. The zero-order valence-corrected chi connectivity index (χ0v) is 22.7. The quantitative estimate of drug-likeness (QED) is 0.439. The summed E-state index contributed by atoms with van der Waals surface area (Å²) in [7, 11) is 0. The van der Waals surface area contributed by atoms with Gasteiger partial charge in [-0.15, -0.1) is 0 Å². The van der Waals surface area contributed by atoms with Gasteiger partial charge in [-0.05, 0) is 93.1 Å². The van der Waals surface area contributed by atoms with Crippen LogP contribution in [0.5, 0.6) is 0 Å². The third kappa shape index (κ3) is 3.82. The molecule has 2 heterocycles. The van der Waals surface area contributed by atoms with Crippen molar-refractivity contribution >= 4 is 0 Å². The van der Waals surface area contributed by atoms with E-state index in [2.05, 4.69) is 19.9 Å². The minimum Gasteiger partial charge on any atom is -0.431 e. The second kappa shape index (κ2) is 9.25. The molecule has 0 radical (unpaired) electrons. The van der Waals surface area contributed by atoms with Crippen molar-refractivity contribution in [2.75, 3.05) is 0 Å². The molecular formula is C30H43NO7. The van der Waals surface area contributed by atoms with Gasteiger partial charge in [-0.1, -0.05) is 25.5 Å². The number of allylic oxidation sites excluding steroid dienone is 1. The summed E-state index contributed by atoms with van der Waals surface area (Å²) < 4.78 is 17.2. The molecule has 1 aromatic rings. The van der Waals surface area contributed by atoms with Crippen LogP contribution in [0.1, 0.15) is 83.6 Å². The molecule has 6 rings (SSSR count). The fraction of sp³-hybridized carbons (Fsp3) is 0.767. The van der Waals surface area contributed by atoms with Gasteiger partial charge in [0.15, 0.2) is 6.29 Å². The molecular weight excluding hydrogens is 486 g/mol. The van der Waals surface area contributed by atoms with E-state index in [9.17, 15) is 20.1 Å². The molecule has 38 heavy (non-hydrogen) atoms. The van der Waals surface area contributed by atoms with E-state index in [-0.39, 0.29) is 34.4 Å². The van der Waals surface area contributed by atoms with Crippen LogP contribution >= 0.6 is 0 Å². The van der Waals surface area contributed by atoms with Gasteiger partial charge in [0.05, 0.1) is 30.1 Å². The van der Waals surface area contributed by atoms with E-state index < -0.39 is 36.2 Å². The van der Waals surface area contributed by atoms with Crippen molar-refractivity contribution in [2.45, 2.75) is 120 Å². The topological polar surface area (TPSA) is 135 Å². The van der Waals surface area contributed by atoms with E-state index >= 15 is 0 Å². The summed E-state index contributed by atoms with van der Waals surface area (Å²) in [6.07, 6.45) is 7.33. The minimum absolute atomic E-state index is 0.00133. The number of aliphatic hydroxyl groups is 3. The van der Waals surface area contributed by atoms with Crippen LogP contribution in [0.3, 0.4) is 0 Å². The molecule has 1 aliphatic heterocycles. The molecule has 8 heteroatoms. The normalized spacial score (nSPS) is 50.5. The van der Waals surface area contributed by atoms with Crippen LogP contribution in [0.4, 0.5) is 0 Å². The lowest BCUT2D eigenvalue weighted by Crippen LogP contribution is -2.61. The van der Waals surface area contributed by atoms with E-state index in [1.54, 1.807) is 13.2 Å². The van der Waals surface area contributed by atoms with Crippen molar-refractivity contribution < 1.29 is 29.2 Å². The highest BCUT2D eigenvalue weighted by atomic mass is 16.7. The Labute approximate surface area is 224 Å². The second-order valence-electron chi connectivity index (χ2n) is 13.2. The van der Waals surface area contributed by atoms with Crippen LogP contribution in [0, 0.1) is 22.7 Å². The Morgan fingerprint density at radius 3 is 2.55 bits per heavy atom. The Balaban J connectivity index is 1.21. The van der Waals surface area contributed by atoms with Gasteiger partial charge in [0.25, 0.3) is 0 Å². The van der Waals surface area contributed by atoms with Crippen LogP contribution in [-0.2, 0) is 9.47 Å². The van der Waals surface area contributed by atoms with E-state index in [1.165, 1.54) is 11.6 Å². The Morgan fingerprint density at radius 1 is 1.03 bits per heavy atom. The summed E-state index contributed by atoms with van der Waals surface area (Å²) in [5.74, 6) is 0.799. The van der Waals surface area contributed by atoms with Crippen LogP contribution in [0.2, 0.25) is 0 Å². The van der Waals surface area contributed by atoms with Gasteiger partial charge in [-0.2, -0.15) is 0 Å². The third-order valence-electron chi connectivity index (χ3n) is 11.6. The Bertz CT molecular complexity index is 1130. The van der Waals surface area contributed by atoms with E-state index in [0.29, 0.717) is 5.92 Å². The molecule has 210 valence electrons. The number of fused-ring (bicyclic) bond motifs is 5. The first-order valence-corrected chi connectivity index (χ1v) is 14.4. The van der Waals surface area contributed by atoms with Crippen molar-refractivity contribution in [1.29, 1.82) is 0 Å². The lowest BCUT2D eigenvalue weighted by atomic mass is 9.45. The lowest BCUT2D eigenvalue weighted by Gasteiger charge is -2.62. The van der Waals surface area contributed by atoms with Crippen molar-refractivity contribution in [2.24, 2.45) is 28.4 Å². The summed E-state index contributed by atoms with van der Waals surface area (Å²) in [5.41, 5.74) is 7.01. The summed E-state index contributed by atoms with van der Waals surface area (Å²) in [5, 5.41) is 33.2. The molecule has 1 aromatic heterocycles. The van der Waals surface area contributed by atoms with E-state index in [1.807, 2.05) is 6.07 Å². The first-order valence-electron chi connectivity index (χ1n) is 14.4. The predicted octanol–water partition coefficient (Wildman–Crippen LogP) is 2.98. The maximum atomic E-state index is 12.4. The molecule has 0 aromatic carbocycles. The SMILES string of the molecule is C[C@@H]1O[C@@H](O[C@@H]2C=C3CCC4C(CC[C@]5(C)[C@@H](c6ccc(=O)oc6)CC[C@]45O)[C@@]3(C)CC2)[C@H](O)[C@H](O)[C@H]1N. The van der Waals surface area contributed by atoms with Gasteiger partial charge in [-0.3, -0.25) is 0 Å². The lowest BCUT2D eigenvalue weighted by molar-refractivity contribution is -0.279. The highest BCUT2D eigenvalue weighted by molar-refractivity contribution is 5.31. The van der Waals surface area contributed by atoms with Crippen LogP contribution < -0.4 is 11.4 Å². The molecule has 3 saturated carbocycles. The van der Waals surface area contributed by atoms with Gasteiger partial charge in [-0.25, -0.2) is 4.79 Å². The minimum atomic E-state index is -1.18. The van der Waals surface area contributed by atoms with Gasteiger partial charge >= 0.3 is 5.63 Å². The van der Waals surface area contributed by atoms with Crippen molar-refractivity contribution in [3.63, 3.8) is 0 Å². The summed E-state index contributed by atoms with van der Waals surface area (Å²) in [6, 6.07) is 2.73. The predicted molar refractivity (Wildman–Crippen MR) is 140 cm³/mol. The number of nitrogens with two attached hydrogens (primary N) is 1. The molecule has 5 N–H and O–H groups in total. The Kier molecular flexibility index (Phi) is 6.49. The average molecular weight is 530 g/mol. The molecule has 5 aliphatic rings. The fourth-order valence-corrected chi connectivity index (χ4v) is 9.21. The number of rotatable bonds is 3. The number of hydrogen-bond donors (Lipinski definition) is 4. The van der Waals surface area contributed by atoms with Gasteiger partial charge < -0.3 is 34.9 Å². The smallest absolute Gasteiger partial charge is 0.335 e. The standard InChI is InChI=1S/C30H43NO7/c1-16-24(31)25(33)26(34)27(37-16)38-19-8-11-28(2)18(14-19)5-6-22-21(28)9-12-29(3)20(10-13-30(22,29)35)17-4-7-23(32)36-15-17/h4,7,14-16,19-22,24-27,33-35H,5-6,8-13,31H2,1-3H3/t16-,19-,20+,21?,22?,24-,25+,26+,27-,28-,29+,30-/m0/s1. The maximum Gasteiger partial charge on any atom is 0.335 e. The van der Waals surface area contributed by atoms with Crippen LogP contribution in [0.25, 0.3) is 0 Å². The third-order valence-corrected chi connectivity index (χ3v) is 11.6. The number of aliphatic hydroxyl groups excluding tert-OH is 2. The van der Waals surface area contributed by atoms with Gasteiger partial charge in [0, 0.05) is 11.5 Å². The zero-order chi connectivity index (χ0) is 27.0. The summed E-state index contributed by atoms with van der Waals surface area (Å²) in [6.45, 7) is 6.41. The number of hydrogen-bond acceptors (Lipinski definition) is 8. The van der Waals surface area contributed by atoms with Crippen molar-refractivity contribution in [1.82, 2.24) is 0 Å². The highest BCUT2D eigenvalue weighted by Gasteiger charge is 2.66. The molecule has 0 spiro atoms. The highest BCUT2D eigenvalue weighted by Crippen LogP contribution is 2.70. The van der Waals surface area contributed by atoms with Crippen LogP contribution in [-0.4, -0.2) is 57.7 Å². The maximum absolute atomic E-state index is 12.4. The van der Waals surface area contributed by atoms with E-state index in [0.717, 1.165) is 56.9 Å². The summed E-state index contributed by atoms with van der Waals surface area (Å²) in [4.78, 5) is 11.5. The molecule has 1 saturated heterocycles. The van der Waals surface area contributed by atoms with E-state index in [4.69, 9.17) is 19.6 Å². The monoisotopic (exact) mass is 529 g/mol. The molecule has 8 nitrogen and oxygen atoms in total.